The highest BCUT2D eigenvalue weighted by molar-refractivity contribution is 5.84. The molecule has 0 amide bonds. The molecule has 0 aliphatic carbocycles. The van der Waals surface area contributed by atoms with E-state index in [1.165, 1.54) is 38.9 Å². The van der Waals surface area contributed by atoms with Crippen LogP contribution in [0.25, 0.3) is 50.4 Å². The average Bonchev–Trinajstić information content (AvgIpc) is 3.53. The first-order valence-electron chi connectivity index (χ1n) is 16.4. The zero-order valence-corrected chi connectivity index (χ0v) is 27.7. The number of aromatic nitrogens is 3. The van der Waals surface area contributed by atoms with Crippen LogP contribution in [0.1, 0.15) is 35.6 Å². The second kappa shape index (κ2) is 14.7. The molecule has 2 heterocycles. The number of benzene rings is 4. The van der Waals surface area contributed by atoms with Gasteiger partial charge in [0, 0.05) is 37.0 Å². The molecular weight excluding hydrogens is 582 g/mol. The summed E-state index contributed by atoms with van der Waals surface area (Å²) in [6, 6.07) is 32.2. The van der Waals surface area contributed by atoms with Crippen molar-refractivity contribution in [1.82, 2.24) is 25.2 Å². The van der Waals surface area contributed by atoms with Gasteiger partial charge < -0.3 is 20.5 Å². The Bertz CT molecular complexity index is 1980. The maximum atomic E-state index is 9.13. The molecule has 7 heteroatoms. The lowest BCUT2D eigenvalue weighted by molar-refractivity contribution is 0.291. The molecule has 6 rings (SSSR count). The molecule has 0 radical (unpaired) electrons. The Morgan fingerprint density at radius 2 is 1.34 bits per heavy atom. The summed E-state index contributed by atoms with van der Waals surface area (Å²) >= 11 is 0. The number of aliphatic hydroxyl groups is 1. The molecule has 0 spiro atoms. The van der Waals surface area contributed by atoms with Gasteiger partial charge in [-0.1, -0.05) is 79.7 Å². The molecule has 47 heavy (non-hydrogen) atoms. The highest BCUT2D eigenvalue weighted by atomic mass is 16.5. The molecule has 6 aromatic rings. The zero-order valence-electron chi connectivity index (χ0n) is 27.7. The fourth-order valence-corrected chi connectivity index (χ4v) is 6.28. The van der Waals surface area contributed by atoms with Gasteiger partial charge in [-0.25, -0.2) is 0 Å². The van der Waals surface area contributed by atoms with Gasteiger partial charge in [0.05, 0.1) is 13.7 Å². The molecule has 7 nitrogen and oxygen atoms in total. The first-order valence-corrected chi connectivity index (χ1v) is 16.4. The Morgan fingerprint density at radius 3 is 2.00 bits per heavy atom. The number of hydrogen-bond acceptors (Lipinski definition) is 6. The van der Waals surface area contributed by atoms with Crippen molar-refractivity contribution in [1.29, 1.82) is 0 Å². The summed E-state index contributed by atoms with van der Waals surface area (Å²) in [6.45, 7) is 9.75. The summed E-state index contributed by atoms with van der Waals surface area (Å²) in [5.41, 5.74) is 13.6. The van der Waals surface area contributed by atoms with E-state index in [0.717, 1.165) is 59.0 Å². The van der Waals surface area contributed by atoms with E-state index in [0.29, 0.717) is 13.1 Å². The number of nitrogens with one attached hydrogen (secondary N) is 2. The molecule has 0 unspecified atom stereocenters. The lowest BCUT2D eigenvalue weighted by Crippen LogP contribution is -2.17. The van der Waals surface area contributed by atoms with E-state index in [9.17, 15) is 0 Å². The average molecular weight is 626 g/mol. The minimum Gasteiger partial charge on any atom is -0.496 e. The predicted molar refractivity (Wildman–Crippen MR) is 192 cm³/mol. The van der Waals surface area contributed by atoms with Gasteiger partial charge in [-0.2, -0.15) is 0 Å². The fraction of sp³-hybridized carbons (Fsp3) is 0.250. The van der Waals surface area contributed by atoms with Crippen LogP contribution in [0.3, 0.4) is 0 Å². The minimum absolute atomic E-state index is 0.107. The van der Waals surface area contributed by atoms with Gasteiger partial charge in [0.15, 0.2) is 11.5 Å². The van der Waals surface area contributed by atoms with Gasteiger partial charge in [-0.15, -0.1) is 10.2 Å². The molecule has 4 aromatic carbocycles. The number of ether oxygens (including phenoxy) is 1. The van der Waals surface area contributed by atoms with Crippen molar-refractivity contribution in [3.63, 3.8) is 0 Å². The minimum atomic E-state index is 0.107. The molecule has 0 atom stereocenters. The monoisotopic (exact) mass is 625 g/mol. The molecule has 240 valence electrons. The second-order valence-corrected chi connectivity index (χ2v) is 11.9. The predicted octanol–water partition coefficient (Wildman–Crippen LogP) is 7.60. The molecule has 3 N–H and O–H groups in total. The molecule has 0 saturated heterocycles. The highest BCUT2D eigenvalue weighted by Crippen LogP contribution is 2.38. The number of fused-ring (bicyclic) bond motifs is 1. The van der Waals surface area contributed by atoms with Crippen LogP contribution in [0.4, 0.5) is 0 Å². The maximum Gasteiger partial charge on any atom is 0.168 e. The van der Waals surface area contributed by atoms with Gasteiger partial charge in [0.2, 0.25) is 0 Å². The molecule has 0 saturated carbocycles. The Hall–Kier alpha value is -4.82. The number of pyridine rings is 1. The van der Waals surface area contributed by atoms with E-state index < -0.39 is 0 Å². The van der Waals surface area contributed by atoms with Crippen LogP contribution < -0.4 is 15.4 Å². The topological polar surface area (TPSA) is 83.7 Å². The van der Waals surface area contributed by atoms with Crippen molar-refractivity contribution in [2.75, 3.05) is 26.8 Å². The van der Waals surface area contributed by atoms with Crippen molar-refractivity contribution in [2.45, 2.75) is 40.3 Å². The summed E-state index contributed by atoms with van der Waals surface area (Å²) < 4.78 is 7.80. The summed E-state index contributed by atoms with van der Waals surface area (Å²) in [6.07, 6.45) is 3.20. The Balaban J connectivity index is 1.29. The van der Waals surface area contributed by atoms with E-state index in [1.54, 1.807) is 7.11 Å². The van der Waals surface area contributed by atoms with Crippen LogP contribution in [-0.4, -0.2) is 46.5 Å². The molecule has 0 aliphatic rings. The lowest BCUT2D eigenvalue weighted by atomic mass is 9.88. The number of aliphatic hydroxyl groups excluding tert-OH is 1. The summed E-state index contributed by atoms with van der Waals surface area (Å²) in [5, 5.41) is 24.9. The van der Waals surface area contributed by atoms with Crippen molar-refractivity contribution >= 4 is 5.65 Å². The standard InChI is InChI=1S/C40H43N5O2/c1-5-19-41-25-29-12-14-30(15-13-29)40-44-43-39-24-32(18-21-45(39)40)35-9-7-11-37(28(35)3)36-10-6-8-34(27(36)2)31-16-17-33(26-42-20-22-46)38(23-31)47-4/h6-18,21,23-24,41-42,46H,5,19-20,22,25-26H2,1-4H3. The highest BCUT2D eigenvalue weighted by Gasteiger charge is 2.16. The second-order valence-electron chi connectivity index (χ2n) is 11.9. The fourth-order valence-electron chi connectivity index (χ4n) is 6.28. The van der Waals surface area contributed by atoms with Gasteiger partial charge in [-0.3, -0.25) is 4.40 Å². The van der Waals surface area contributed by atoms with Crippen molar-refractivity contribution in [2.24, 2.45) is 0 Å². The Kier molecular flexibility index (Phi) is 10.1. The first kappa shape index (κ1) is 32.1. The zero-order chi connectivity index (χ0) is 32.8. The summed E-state index contributed by atoms with van der Waals surface area (Å²) in [5.74, 6) is 1.67. The van der Waals surface area contributed by atoms with E-state index in [1.807, 2.05) is 0 Å². The quantitative estimate of drug-likeness (QED) is 0.115. The van der Waals surface area contributed by atoms with Gasteiger partial charge in [0.25, 0.3) is 0 Å². The lowest BCUT2D eigenvalue weighted by Gasteiger charge is -2.17. The number of methoxy groups -OCH3 is 1. The number of rotatable bonds is 13. The SMILES string of the molecule is CCCNCc1ccc(-c2nnc3cc(-c4cccc(-c5cccc(-c6ccc(CNCCO)c(OC)c6)c5C)c4C)ccn23)cc1. The first-order chi connectivity index (χ1) is 23.0. The smallest absolute Gasteiger partial charge is 0.168 e. The third kappa shape index (κ3) is 6.83. The summed E-state index contributed by atoms with van der Waals surface area (Å²) in [4.78, 5) is 0. The van der Waals surface area contributed by atoms with Crippen molar-refractivity contribution in [3.8, 4) is 50.5 Å². The van der Waals surface area contributed by atoms with Gasteiger partial charge in [0.1, 0.15) is 5.75 Å². The molecule has 0 bridgehead atoms. The molecular formula is C40H43N5O2. The largest absolute Gasteiger partial charge is 0.496 e. The van der Waals surface area contributed by atoms with E-state index in [2.05, 4.69) is 143 Å². The third-order valence-electron chi connectivity index (χ3n) is 8.85. The van der Waals surface area contributed by atoms with Crippen LogP contribution in [0, 0.1) is 13.8 Å². The Morgan fingerprint density at radius 1 is 0.702 bits per heavy atom. The number of nitrogens with zero attached hydrogens (tertiary/aromatic N) is 3. The molecule has 0 fully saturated rings. The maximum absolute atomic E-state index is 9.13. The third-order valence-corrected chi connectivity index (χ3v) is 8.85. The van der Waals surface area contributed by atoms with Crippen molar-refractivity contribution < 1.29 is 9.84 Å². The normalized spacial score (nSPS) is 11.3. The Labute approximate surface area is 277 Å². The van der Waals surface area contributed by atoms with Crippen LogP contribution in [0.2, 0.25) is 0 Å². The van der Waals surface area contributed by atoms with Gasteiger partial charge in [-0.05, 0) is 95.1 Å². The van der Waals surface area contributed by atoms with E-state index in [4.69, 9.17) is 9.84 Å². The van der Waals surface area contributed by atoms with Crippen LogP contribution >= 0.6 is 0 Å². The summed E-state index contributed by atoms with van der Waals surface area (Å²) in [7, 11) is 1.70. The van der Waals surface area contributed by atoms with Gasteiger partial charge >= 0.3 is 0 Å². The molecule has 0 aliphatic heterocycles. The van der Waals surface area contributed by atoms with Crippen LogP contribution in [0.5, 0.6) is 5.75 Å². The van der Waals surface area contributed by atoms with Crippen molar-refractivity contribution in [3.05, 3.63) is 119 Å². The van der Waals surface area contributed by atoms with Crippen LogP contribution in [0.15, 0.2) is 97.2 Å². The van der Waals surface area contributed by atoms with E-state index in [-0.39, 0.29) is 6.61 Å². The van der Waals surface area contributed by atoms with E-state index >= 15 is 0 Å². The molecule has 2 aromatic heterocycles. The number of hydrogen-bond donors (Lipinski definition) is 3. The van der Waals surface area contributed by atoms with Crippen LogP contribution in [-0.2, 0) is 13.1 Å².